The van der Waals surface area contributed by atoms with Crippen molar-refractivity contribution in [2.45, 2.75) is 0 Å². The first-order valence-electron chi connectivity index (χ1n) is 5.18. The summed E-state index contributed by atoms with van der Waals surface area (Å²) in [5.41, 5.74) is 7.17. The molecule has 2 rings (SSSR count). The number of nitrogens with one attached hydrogen (secondary N) is 1. The number of carbonyl (C=O) groups excluding carboxylic acids is 1. The van der Waals surface area contributed by atoms with Crippen LogP contribution in [0.1, 0.15) is 10.4 Å². The van der Waals surface area contributed by atoms with E-state index in [0.29, 0.717) is 21.4 Å². The van der Waals surface area contributed by atoms with Crippen molar-refractivity contribution >= 4 is 45.6 Å². The standard InChI is InChI=1S/C13H10BrFN2O.ClH/c14-12-7-8(15)1-6-11(12)13(18)17-10-4-2-9(16)3-5-10;/h1-7H,16H2,(H,17,18);1H. The van der Waals surface area contributed by atoms with Gasteiger partial charge in [-0.05, 0) is 58.4 Å². The van der Waals surface area contributed by atoms with Crippen molar-refractivity contribution in [1.29, 1.82) is 0 Å². The van der Waals surface area contributed by atoms with Gasteiger partial charge in [-0.15, -0.1) is 12.4 Å². The molecular weight excluding hydrogens is 335 g/mol. The Kier molecular flexibility index (Phi) is 5.32. The van der Waals surface area contributed by atoms with Gasteiger partial charge in [-0.2, -0.15) is 0 Å². The van der Waals surface area contributed by atoms with Crippen LogP contribution in [0.5, 0.6) is 0 Å². The number of carbonyl (C=O) groups is 1. The van der Waals surface area contributed by atoms with Gasteiger partial charge in [0.25, 0.3) is 5.91 Å². The summed E-state index contributed by atoms with van der Waals surface area (Å²) in [6.45, 7) is 0. The lowest BCUT2D eigenvalue weighted by Gasteiger charge is -2.07. The number of nitrogen functional groups attached to an aromatic ring is 1. The van der Waals surface area contributed by atoms with E-state index in [0.717, 1.165) is 0 Å². The smallest absolute Gasteiger partial charge is 0.256 e. The van der Waals surface area contributed by atoms with E-state index < -0.39 is 5.82 Å². The number of benzene rings is 2. The first-order chi connectivity index (χ1) is 8.56. The lowest BCUT2D eigenvalue weighted by molar-refractivity contribution is 0.102. The Morgan fingerprint density at radius 3 is 2.37 bits per heavy atom. The number of halogens is 3. The molecule has 1 amide bonds. The summed E-state index contributed by atoms with van der Waals surface area (Å²) in [7, 11) is 0. The average Bonchev–Trinajstić information content (AvgIpc) is 2.32. The molecule has 3 nitrogen and oxygen atoms in total. The van der Waals surface area contributed by atoms with E-state index in [1.165, 1.54) is 18.2 Å². The van der Waals surface area contributed by atoms with E-state index in [4.69, 9.17) is 5.73 Å². The molecule has 0 aliphatic heterocycles. The van der Waals surface area contributed by atoms with Crippen LogP contribution < -0.4 is 11.1 Å². The molecule has 0 radical (unpaired) electrons. The highest BCUT2D eigenvalue weighted by atomic mass is 79.9. The molecule has 0 saturated heterocycles. The largest absolute Gasteiger partial charge is 0.399 e. The fraction of sp³-hybridized carbons (Fsp3) is 0. The maximum absolute atomic E-state index is 12.9. The van der Waals surface area contributed by atoms with E-state index in [9.17, 15) is 9.18 Å². The first-order valence-corrected chi connectivity index (χ1v) is 5.97. The van der Waals surface area contributed by atoms with Crippen molar-refractivity contribution in [2.75, 3.05) is 11.1 Å². The maximum atomic E-state index is 12.9. The molecule has 0 heterocycles. The molecule has 0 saturated carbocycles. The summed E-state index contributed by atoms with van der Waals surface area (Å²) in [5, 5.41) is 2.70. The van der Waals surface area contributed by atoms with Crippen molar-refractivity contribution in [3.8, 4) is 0 Å². The molecule has 0 aliphatic carbocycles. The third-order valence-corrected chi connectivity index (χ3v) is 3.00. The minimum Gasteiger partial charge on any atom is -0.399 e. The second-order valence-corrected chi connectivity index (χ2v) is 4.55. The highest BCUT2D eigenvalue weighted by molar-refractivity contribution is 9.10. The maximum Gasteiger partial charge on any atom is 0.256 e. The zero-order valence-corrected chi connectivity index (χ0v) is 12.1. The summed E-state index contributed by atoms with van der Waals surface area (Å²) < 4.78 is 13.3. The predicted octanol–water partition coefficient (Wildman–Crippen LogP) is 3.84. The van der Waals surface area contributed by atoms with Gasteiger partial charge in [-0.3, -0.25) is 4.79 Å². The van der Waals surface area contributed by atoms with Crippen molar-refractivity contribution in [1.82, 2.24) is 0 Å². The molecule has 2 aromatic rings. The Labute approximate surface area is 124 Å². The lowest BCUT2D eigenvalue weighted by atomic mass is 10.2. The Morgan fingerprint density at radius 2 is 1.79 bits per heavy atom. The molecule has 0 bridgehead atoms. The molecule has 100 valence electrons. The van der Waals surface area contributed by atoms with Crippen LogP contribution in [0.4, 0.5) is 15.8 Å². The first kappa shape index (κ1) is 15.5. The minimum atomic E-state index is -0.397. The highest BCUT2D eigenvalue weighted by Gasteiger charge is 2.10. The molecule has 0 atom stereocenters. The van der Waals surface area contributed by atoms with Gasteiger partial charge in [-0.1, -0.05) is 0 Å². The number of anilines is 2. The van der Waals surface area contributed by atoms with Crippen LogP contribution in [-0.2, 0) is 0 Å². The average molecular weight is 346 g/mol. The van der Waals surface area contributed by atoms with Gasteiger partial charge in [-0.25, -0.2) is 4.39 Å². The van der Waals surface area contributed by atoms with Crippen LogP contribution in [0, 0.1) is 5.82 Å². The molecule has 6 heteroatoms. The van der Waals surface area contributed by atoms with Crippen LogP contribution in [0.2, 0.25) is 0 Å². The highest BCUT2D eigenvalue weighted by Crippen LogP contribution is 2.20. The molecule has 19 heavy (non-hydrogen) atoms. The van der Waals surface area contributed by atoms with Gasteiger partial charge in [0.15, 0.2) is 0 Å². The van der Waals surface area contributed by atoms with E-state index in [1.807, 2.05) is 0 Å². The molecule has 0 aliphatic rings. The fourth-order valence-corrected chi connectivity index (χ4v) is 1.97. The van der Waals surface area contributed by atoms with Crippen molar-refractivity contribution in [2.24, 2.45) is 0 Å². The number of hydrogen-bond donors (Lipinski definition) is 2. The number of amides is 1. The normalized spacial score (nSPS) is 9.58. The molecule has 0 unspecified atom stereocenters. The number of rotatable bonds is 2. The van der Waals surface area contributed by atoms with Crippen LogP contribution in [0.15, 0.2) is 46.9 Å². The van der Waals surface area contributed by atoms with E-state index in [2.05, 4.69) is 21.2 Å². The summed E-state index contributed by atoms with van der Waals surface area (Å²) in [5.74, 6) is -0.711. The van der Waals surface area contributed by atoms with Crippen molar-refractivity contribution in [3.05, 3.63) is 58.3 Å². The summed E-state index contributed by atoms with van der Waals surface area (Å²) in [6, 6.07) is 10.7. The van der Waals surface area contributed by atoms with Gasteiger partial charge in [0.2, 0.25) is 0 Å². The molecule has 0 aromatic heterocycles. The van der Waals surface area contributed by atoms with E-state index in [-0.39, 0.29) is 18.3 Å². The SMILES string of the molecule is Cl.Nc1ccc(NC(=O)c2ccc(F)cc2Br)cc1. The van der Waals surface area contributed by atoms with E-state index in [1.54, 1.807) is 24.3 Å². The number of hydrogen-bond acceptors (Lipinski definition) is 2. The molecule has 0 fully saturated rings. The van der Waals surface area contributed by atoms with E-state index >= 15 is 0 Å². The third-order valence-electron chi connectivity index (χ3n) is 2.34. The van der Waals surface area contributed by atoms with Crippen LogP contribution >= 0.6 is 28.3 Å². The molecular formula is C13H11BrClFN2O. The molecule has 2 aromatic carbocycles. The van der Waals surface area contributed by atoms with Gasteiger partial charge in [0.05, 0.1) is 5.56 Å². The Bertz CT molecular complexity index is 590. The minimum absolute atomic E-state index is 0. The quantitative estimate of drug-likeness (QED) is 0.812. The van der Waals surface area contributed by atoms with Gasteiger partial charge >= 0.3 is 0 Å². The fourth-order valence-electron chi connectivity index (χ4n) is 1.44. The van der Waals surface area contributed by atoms with Gasteiger partial charge in [0.1, 0.15) is 5.82 Å². The van der Waals surface area contributed by atoms with Crippen LogP contribution in [-0.4, -0.2) is 5.91 Å². The second-order valence-electron chi connectivity index (χ2n) is 3.70. The molecule has 0 spiro atoms. The van der Waals surface area contributed by atoms with Gasteiger partial charge < -0.3 is 11.1 Å². The van der Waals surface area contributed by atoms with Crippen LogP contribution in [0.25, 0.3) is 0 Å². The summed E-state index contributed by atoms with van der Waals surface area (Å²) in [4.78, 5) is 11.9. The Morgan fingerprint density at radius 1 is 1.16 bits per heavy atom. The van der Waals surface area contributed by atoms with Crippen molar-refractivity contribution < 1.29 is 9.18 Å². The Balaban J connectivity index is 0.00000180. The summed E-state index contributed by atoms with van der Waals surface area (Å²) >= 11 is 3.15. The van der Waals surface area contributed by atoms with Crippen LogP contribution in [0.3, 0.4) is 0 Å². The summed E-state index contributed by atoms with van der Waals surface area (Å²) in [6.07, 6.45) is 0. The van der Waals surface area contributed by atoms with Crippen molar-refractivity contribution in [3.63, 3.8) is 0 Å². The topological polar surface area (TPSA) is 55.1 Å². The zero-order chi connectivity index (χ0) is 13.1. The predicted molar refractivity (Wildman–Crippen MR) is 80.2 cm³/mol. The third kappa shape index (κ3) is 3.94. The zero-order valence-electron chi connectivity index (χ0n) is 9.69. The Hall–Kier alpha value is -1.59. The molecule has 3 N–H and O–H groups in total. The number of nitrogens with two attached hydrogens (primary N) is 1. The monoisotopic (exact) mass is 344 g/mol. The lowest BCUT2D eigenvalue weighted by Crippen LogP contribution is -2.12. The second kappa shape index (κ2) is 6.54. The van der Waals surface area contributed by atoms with Gasteiger partial charge in [0, 0.05) is 15.8 Å².